The second kappa shape index (κ2) is 5.69. The Hall–Kier alpha value is -2.54. The van der Waals surface area contributed by atoms with Gasteiger partial charge in [-0.1, -0.05) is 12.1 Å². The van der Waals surface area contributed by atoms with Crippen LogP contribution in [0, 0.1) is 11.3 Å². The third-order valence-electron chi connectivity index (χ3n) is 2.57. The SMILES string of the molecule is N#Cc1cccnc1NCCc1ccc(O)cc1. The quantitative estimate of drug-likeness (QED) is 0.859. The van der Waals surface area contributed by atoms with E-state index in [-0.39, 0.29) is 5.75 Å². The van der Waals surface area contributed by atoms with Crippen LogP contribution in [0.15, 0.2) is 42.6 Å². The topological polar surface area (TPSA) is 68.9 Å². The summed E-state index contributed by atoms with van der Waals surface area (Å²) in [5, 5.41) is 21.2. The smallest absolute Gasteiger partial charge is 0.143 e. The number of aromatic hydroxyl groups is 1. The van der Waals surface area contributed by atoms with Crippen LogP contribution in [0.25, 0.3) is 0 Å². The molecule has 2 aromatic rings. The van der Waals surface area contributed by atoms with E-state index < -0.39 is 0 Å². The molecule has 90 valence electrons. The molecule has 0 atom stereocenters. The van der Waals surface area contributed by atoms with Gasteiger partial charge in [0, 0.05) is 12.7 Å². The van der Waals surface area contributed by atoms with Gasteiger partial charge in [0.1, 0.15) is 17.6 Å². The van der Waals surface area contributed by atoms with Crippen molar-refractivity contribution in [1.82, 2.24) is 4.98 Å². The lowest BCUT2D eigenvalue weighted by atomic mass is 10.1. The summed E-state index contributed by atoms with van der Waals surface area (Å²) in [6.45, 7) is 0.691. The fraction of sp³-hybridized carbons (Fsp3) is 0.143. The van der Waals surface area contributed by atoms with E-state index >= 15 is 0 Å². The number of benzene rings is 1. The van der Waals surface area contributed by atoms with Crippen LogP contribution >= 0.6 is 0 Å². The first-order valence-corrected chi connectivity index (χ1v) is 5.66. The lowest BCUT2D eigenvalue weighted by molar-refractivity contribution is 0.475. The molecule has 0 bridgehead atoms. The van der Waals surface area contributed by atoms with Gasteiger partial charge in [-0.15, -0.1) is 0 Å². The number of nitriles is 1. The zero-order valence-electron chi connectivity index (χ0n) is 9.80. The Morgan fingerprint density at radius 2 is 2.00 bits per heavy atom. The Bertz CT molecular complexity index is 558. The van der Waals surface area contributed by atoms with Gasteiger partial charge in [-0.3, -0.25) is 0 Å². The Balaban J connectivity index is 1.93. The summed E-state index contributed by atoms with van der Waals surface area (Å²) in [7, 11) is 0. The maximum absolute atomic E-state index is 9.17. The van der Waals surface area contributed by atoms with E-state index in [4.69, 9.17) is 10.4 Å². The molecule has 0 aliphatic rings. The summed E-state index contributed by atoms with van der Waals surface area (Å²) in [4.78, 5) is 4.12. The first-order valence-electron chi connectivity index (χ1n) is 5.66. The van der Waals surface area contributed by atoms with Crippen molar-refractivity contribution in [3.05, 3.63) is 53.7 Å². The van der Waals surface area contributed by atoms with Gasteiger partial charge in [0.15, 0.2) is 0 Å². The summed E-state index contributed by atoms with van der Waals surface area (Å²) in [5.74, 6) is 0.877. The second-order valence-corrected chi connectivity index (χ2v) is 3.85. The number of hydrogen-bond donors (Lipinski definition) is 2. The minimum absolute atomic E-state index is 0.267. The van der Waals surface area contributed by atoms with Crippen molar-refractivity contribution in [2.75, 3.05) is 11.9 Å². The predicted octanol–water partition coefficient (Wildman–Crippen LogP) is 2.31. The molecular formula is C14H13N3O. The summed E-state index contributed by atoms with van der Waals surface area (Å²) in [6.07, 6.45) is 2.46. The lowest BCUT2D eigenvalue weighted by Crippen LogP contribution is -2.07. The molecule has 2 N–H and O–H groups in total. The van der Waals surface area contributed by atoms with Gasteiger partial charge < -0.3 is 10.4 Å². The van der Waals surface area contributed by atoms with Gasteiger partial charge in [-0.25, -0.2) is 4.98 Å². The highest BCUT2D eigenvalue weighted by molar-refractivity contribution is 5.51. The molecule has 1 aromatic heterocycles. The molecule has 0 spiro atoms. The van der Waals surface area contributed by atoms with E-state index in [0.29, 0.717) is 17.9 Å². The third-order valence-corrected chi connectivity index (χ3v) is 2.57. The molecule has 0 unspecified atom stereocenters. The first kappa shape index (κ1) is 11.9. The maximum Gasteiger partial charge on any atom is 0.143 e. The van der Waals surface area contributed by atoms with Gasteiger partial charge in [0.25, 0.3) is 0 Å². The number of phenolic OH excluding ortho intramolecular Hbond substituents is 1. The molecule has 1 aromatic carbocycles. The van der Waals surface area contributed by atoms with Crippen molar-refractivity contribution in [2.24, 2.45) is 0 Å². The summed E-state index contributed by atoms with van der Waals surface area (Å²) in [6, 6.07) is 12.6. The molecule has 4 heteroatoms. The molecule has 0 aliphatic carbocycles. The Labute approximate surface area is 106 Å². The van der Waals surface area contributed by atoms with E-state index in [1.165, 1.54) is 0 Å². The van der Waals surface area contributed by atoms with Crippen LogP contribution in [0.4, 0.5) is 5.82 Å². The minimum atomic E-state index is 0.267. The molecule has 0 fully saturated rings. The van der Waals surface area contributed by atoms with E-state index in [9.17, 15) is 0 Å². The molecule has 2 rings (SSSR count). The standard InChI is InChI=1S/C14H13N3O/c15-10-12-2-1-8-16-14(12)17-9-7-11-3-5-13(18)6-4-11/h1-6,8,18H,7,9H2,(H,16,17). The summed E-state index contributed by atoms with van der Waals surface area (Å²) in [5.41, 5.74) is 1.66. The molecule has 0 saturated heterocycles. The Morgan fingerprint density at radius 1 is 1.22 bits per heavy atom. The number of aromatic nitrogens is 1. The number of anilines is 1. The second-order valence-electron chi connectivity index (χ2n) is 3.85. The first-order chi connectivity index (χ1) is 8.79. The highest BCUT2D eigenvalue weighted by atomic mass is 16.3. The van der Waals surface area contributed by atoms with Gasteiger partial charge in [-0.05, 0) is 36.2 Å². The monoisotopic (exact) mass is 239 g/mol. The zero-order chi connectivity index (χ0) is 12.8. The van der Waals surface area contributed by atoms with Crippen molar-refractivity contribution < 1.29 is 5.11 Å². The summed E-state index contributed by atoms with van der Waals surface area (Å²) >= 11 is 0. The molecule has 0 aliphatic heterocycles. The molecule has 18 heavy (non-hydrogen) atoms. The van der Waals surface area contributed by atoms with Crippen molar-refractivity contribution in [3.63, 3.8) is 0 Å². The average molecular weight is 239 g/mol. The number of nitrogens with zero attached hydrogens (tertiary/aromatic N) is 2. The number of phenols is 1. The van der Waals surface area contributed by atoms with E-state index in [2.05, 4.69) is 16.4 Å². The van der Waals surface area contributed by atoms with Gasteiger partial charge in [-0.2, -0.15) is 5.26 Å². The largest absolute Gasteiger partial charge is 0.508 e. The molecule has 1 heterocycles. The predicted molar refractivity (Wildman–Crippen MR) is 69.3 cm³/mol. The fourth-order valence-corrected chi connectivity index (χ4v) is 1.62. The van der Waals surface area contributed by atoms with E-state index in [0.717, 1.165) is 12.0 Å². The highest BCUT2D eigenvalue weighted by Gasteiger charge is 2.01. The van der Waals surface area contributed by atoms with E-state index in [1.54, 1.807) is 30.5 Å². The Kier molecular flexibility index (Phi) is 3.77. The molecule has 4 nitrogen and oxygen atoms in total. The normalized spacial score (nSPS) is 9.72. The number of pyridine rings is 1. The van der Waals surface area contributed by atoms with Crippen molar-refractivity contribution in [3.8, 4) is 11.8 Å². The molecule has 0 radical (unpaired) electrons. The van der Waals surface area contributed by atoms with Crippen molar-refractivity contribution >= 4 is 5.82 Å². The highest BCUT2D eigenvalue weighted by Crippen LogP contribution is 2.12. The van der Waals surface area contributed by atoms with Crippen LogP contribution < -0.4 is 5.32 Å². The number of rotatable bonds is 4. The van der Waals surface area contributed by atoms with Crippen molar-refractivity contribution in [2.45, 2.75) is 6.42 Å². The van der Waals surface area contributed by atoms with Crippen LogP contribution in [-0.4, -0.2) is 16.6 Å². The molecule has 0 saturated carbocycles. The van der Waals surface area contributed by atoms with Crippen molar-refractivity contribution in [1.29, 1.82) is 5.26 Å². The summed E-state index contributed by atoms with van der Waals surface area (Å²) < 4.78 is 0. The van der Waals surface area contributed by atoms with Crippen LogP contribution in [-0.2, 0) is 6.42 Å². The van der Waals surface area contributed by atoms with Gasteiger partial charge in [0.2, 0.25) is 0 Å². The molecule has 0 amide bonds. The fourth-order valence-electron chi connectivity index (χ4n) is 1.62. The maximum atomic E-state index is 9.17. The average Bonchev–Trinajstić information content (AvgIpc) is 2.41. The van der Waals surface area contributed by atoms with Crippen LogP contribution in [0.5, 0.6) is 5.75 Å². The van der Waals surface area contributed by atoms with Crippen LogP contribution in [0.1, 0.15) is 11.1 Å². The Morgan fingerprint density at radius 3 is 2.72 bits per heavy atom. The third kappa shape index (κ3) is 2.98. The molecular weight excluding hydrogens is 226 g/mol. The van der Waals surface area contributed by atoms with E-state index in [1.807, 2.05) is 12.1 Å². The lowest BCUT2D eigenvalue weighted by Gasteiger charge is -2.06. The minimum Gasteiger partial charge on any atom is -0.508 e. The van der Waals surface area contributed by atoms with Crippen LogP contribution in [0.2, 0.25) is 0 Å². The number of hydrogen-bond acceptors (Lipinski definition) is 4. The van der Waals surface area contributed by atoms with Crippen LogP contribution in [0.3, 0.4) is 0 Å². The number of nitrogens with one attached hydrogen (secondary N) is 1. The zero-order valence-corrected chi connectivity index (χ0v) is 9.80. The van der Waals surface area contributed by atoms with Gasteiger partial charge >= 0.3 is 0 Å². The van der Waals surface area contributed by atoms with Gasteiger partial charge in [0.05, 0.1) is 5.56 Å².